The topological polar surface area (TPSA) is 40.5 Å². The Kier molecular flexibility index (Phi) is 5.03. The molecule has 0 atom stereocenters. The maximum atomic E-state index is 9.99. The van der Waals surface area contributed by atoms with Crippen molar-refractivity contribution in [2.45, 2.75) is 39.5 Å². The molecule has 0 fully saturated rings. The van der Waals surface area contributed by atoms with Crippen LogP contribution in [0.5, 0.6) is 11.5 Å². The fourth-order valence-electron chi connectivity index (χ4n) is 3.45. The molecule has 0 heterocycles. The highest BCUT2D eigenvalue weighted by Gasteiger charge is 2.13. The van der Waals surface area contributed by atoms with Crippen LogP contribution < -0.4 is 0 Å². The van der Waals surface area contributed by atoms with Gasteiger partial charge in [-0.2, -0.15) is 0 Å². The predicted molar refractivity (Wildman–Crippen MR) is 109 cm³/mol. The third-order valence-corrected chi connectivity index (χ3v) is 4.80. The lowest BCUT2D eigenvalue weighted by Crippen LogP contribution is -1.94. The van der Waals surface area contributed by atoms with Crippen LogP contribution in [0.1, 0.15) is 50.7 Å². The average molecular weight is 346 g/mol. The first-order valence-corrected chi connectivity index (χ1v) is 9.13. The van der Waals surface area contributed by atoms with E-state index in [-0.39, 0.29) is 11.5 Å². The van der Waals surface area contributed by atoms with Crippen LogP contribution in [0.4, 0.5) is 0 Å². The van der Waals surface area contributed by atoms with E-state index in [4.69, 9.17) is 0 Å². The van der Waals surface area contributed by atoms with Gasteiger partial charge in [-0.1, -0.05) is 58.0 Å². The Hall–Kier alpha value is -2.74. The molecule has 134 valence electrons. The summed E-state index contributed by atoms with van der Waals surface area (Å²) in [6, 6.07) is 19.5. The summed E-state index contributed by atoms with van der Waals surface area (Å²) in [5.74, 6) is 1.27. The molecule has 0 radical (unpaired) electrons. The maximum Gasteiger partial charge on any atom is 0.116 e. The molecule has 0 aliphatic heterocycles. The Morgan fingerprint density at radius 2 is 1.00 bits per heavy atom. The molecule has 0 spiro atoms. The lowest BCUT2D eigenvalue weighted by atomic mass is 9.88. The molecule has 0 bridgehead atoms. The number of hydrogen-bond donors (Lipinski definition) is 2. The van der Waals surface area contributed by atoms with Crippen LogP contribution in [0, 0.1) is 0 Å². The molecule has 3 aromatic rings. The summed E-state index contributed by atoms with van der Waals surface area (Å²) in [4.78, 5) is 0. The van der Waals surface area contributed by atoms with Crippen LogP contribution in [0.3, 0.4) is 0 Å². The summed E-state index contributed by atoms with van der Waals surface area (Å²) < 4.78 is 0. The molecule has 0 aliphatic carbocycles. The van der Waals surface area contributed by atoms with Gasteiger partial charge in [-0.05, 0) is 75.5 Å². The molecule has 2 nitrogen and oxygen atoms in total. The van der Waals surface area contributed by atoms with Gasteiger partial charge in [-0.3, -0.25) is 0 Å². The molecule has 0 saturated carbocycles. The Balaban J connectivity index is 2.17. The van der Waals surface area contributed by atoms with Gasteiger partial charge >= 0.3 is 0 Å². The first-order valence-electron chi connectivity index (χ1n) is 9.13. The Bertz CT molecular complexity index is 850. The molecule has 26 heavy (non-hydrogen) atoms. The molecule has 0 aliphatic rings. The first-order chi connectivity index (χ1) is 12.4. The number of aromatic hydroxyl groups is 2. The number of benzene rings is 3. The monoisotopic (exact) mass is 346 g/mol. The van der Waals surface area contributed by atoms with Gasteiger partial charge < -0.3 is 10.2 Å². The van der Waals surface area contributed by atoms with E-state index in [0.29, 0.717) is 11.8 Å². The van der Waals surface area contributed by atoms with E-state index in [0.717, 1.165) is 22.3 Å². The van der Waals surface area contributed by atoms with Gasteiger partial charge in [-0.25, -0.2) is 0 Å². The smallest absolute Gasteiger partial charge is 0.116 e. The van der Waals surface area contributed by atoms with Crippen molar-refractivity contribution in [2.75, 3.05) is 0 Å². The van der Waals surface area contributed by atoms with Gasteiger partial charge in [-0.15, -0.1) is 0 Å². The zero-order valence-electron chi connectivity index (χ0n) is 15.8. The van der Waals surface area contributed by atoms with Gasteiger partial charge in [0.1, 0.15) is 11.5 Å². The van der Waals surface area contributed by atoms with E-state index in [1.54, 1.807) is 12.1 Å². The zero-order chi connectivity index (χ0) is 18.8. The lowest BCUT2D eigenvalue weighted by molar-refractivity contribution is 0.474. The van der Waals surface area contributed by atoms with E-state index in [1.807, 2.05) is 30.3 Å². The fraction of sp³-hybridized carbons (Fsp3) is 0.250. The fourth-order valence-corrected chi connectivity index (χ4v) is 3.45. The van der Waals surface area contributed by atoms with E-state index < -0.39 is 0 Å². The summed E-state index contributed by atoms with van der Waals surface area (Å²) in [6.07, 6.45) is 0. The molecular formula is C24H26O2. The quantitative estimate of drug-likeness (QED) is 0.553. The molecule has 0 saturated heterocycles. The standard InChI is InChI=1S/C24H26O2/c1-15(2)21-10-8-19(25)13-23(21)17-6-5-7-18(12-17)24-14-20(26)9-11-22(24)16(3)4/h5-16,25-26H,1-4H3. The minimum Gasteiger partial charge on any atom is -0.508 e. The SMILES string of the molecule is CC(C)c1ccc(O)cc1-c1cccc(-c2cc(O)ccc2C(C)C)c1. The van der Waals surface area contributed by atoms with Crippen LogP contribution in [-0.2, 0) is 0 Å². The molecule has 3 rings (SSSR count). The highest BCUT2D eigenvalue weighted by Crippen LogP contribution is 2.37. The normalized spacial score (nSPS) is 11.3. The summed E-state index contributed by atoms with van der Waals surface area (Å²) in [7, 11) is 0. The highest BCUT2D eigenvalue weighted by molar-refractivity contribution is 5.78. The average Bonchev–Trinajstić information content (AvgIpc) is 2.61. The summed E-state index contributed by atoms with van der Waals surface area (Å²) in [6.45, 7) is 8.63. The van der Waals surface area contributed by atoms with Crippen molar-refractivity contribution in [1.82, 2.24) is 0 Å². The van der Waals surface area contributed by atoms with Crippen molar-refractivity contribution < 1.29 is 10.2 Å². The maximum absolute atomic E-state index is 9.99. The second kappa shape index (κ2) is 7.25. The lowest BCUT2D eigenvalue weighted by Gasteiger charge is -2.17. The second-order valence-corrected chi connectivity index (χ2v) is 7.43. The summed E-state index contributed by atoms with van der Waals surface area (Å²) in [5.41, 5.74) is 6.65. The molecule has 2 N–H and O–H groups in total. The predicted octanol–water partition coefficient (Wildman–Crippen LogP) is 6.68. The van der Waals surface area contributed by atoms with Gasteiger partial charge in [0.15, 0.2) is 0 Å². The second-order valence-electron chi connectivity index (χ2n) is 7.43. The molecule has 0 amide bonds. The number of hydrogen-bond acceptors (Lipinski definition) is 2. The minimum absolute atomic E-state index is 0.273. The van der Waals surface area contributed by atoms with Gasteiger partial charge in [0, 0.05) is 0 Å². The van der Waals surface area contributed by atoms with Crippen LogP contribution in [-0.4, -0.2) is 10.2 Å². The Labute approximate surface area is 155 Å². The molecule has 0 unspecified atom stereocenters. The van der Waals surface area contributed by atoms with E-state index >= 15 is 0 Å². The number of phenols is 2. The third kappa shape index (κ3) is 3.60. The number of phenolic OH excluding ortho intramolecular Hbond substituents is 2. The van der Waals surface area contributed by atoms with Crippen LogP contribution >= 0.6 is 0 Å². The largest absolute Gasteiger partial charge is 0.508 e. The van der Waals surface area contributed by atoms with Gasteiger partial charge in [0.25, 0.3) is 0 Å². The number of rotatable bonds is 4. The molecule has 2 heteroatoms. The Morgan fingerprint density at radius 1 is 0.577 bits per heavy atom. The van der Waals surface area contributed by atoms with Crippen LogP contribution in [0.15, 0.2) is 60.7 Å². The van der Waals surface area contributed by atoms with Crippen molar-refractivity contribution in [3.8, 4) is 33.8 Å². The zero-order valence-corrected chi connectivity index (χ0v) is 15.8. The molecule has 3 aromatic carbocycles. The van der Waals surface area contributed by atoms with Crippen molar-refractivity contribution in [3.05, 3.63) is 71.8 Å². The van der Waals surface area contributed by atoms with Crippen molar-refractivity contribution in [2.24, 2.45) is 0 Å². The first kappa shape index (κ1) is 18.1. The van der Waals surface area contributed by atoms with Crippen LogP contribution in [0.2, 0.25) is 0 Å². The molecule has 0 aromatic heterocycles. The van der Waals surface area contributed by atoms with E-state index in [2.05, 4.69) is 45.9 Å². The van der Waals surface area contributed by atoms with E-state index in [9.17, 15) is 10.2 Å². The highest BCUT2D eigenvalue weighted by atomic mass is 16.3. The van der Waals surface area contributed by atoms with Crippen LogP contribution in [0.25, 0.3) is 22.3 Å². The van der Waals surface area contributed by atoms with Crippen molar-refractivity contribution >= 4 is 0 Å². The third-order valence-electron chi connectivity index (χ3n) is 4.80. The van der Waals surface area contributed by atoms with Crippen molar-refractivity contribution in [1.29, 1.82) is 0 Å². The minimum atomic E-state index is 0.273. The summed E-state index contributed by atoms with van der Waals surface area (Å²) >= 11 is 0. The van der Waals surface area contributed by atoms with Gasteiger partial charge in [0.05, 0.1) is 0 Å². The van der Waals surface area contributed by atoms with E-state index in [1.165, 1.54) is 11.1 Å². The Morgan fingerprint density at radius 3 is 1.38 bits per heavy atom. The molecular weight excluding hydrogens is 320 g/mol. The van der Waals surface area contributed by atoms with Crippen molar-refractivity contribution in [3.63, 3.8) is 0 Å². The summed E-state index contributed by atoms with van der Waals surface area (Å²) in [5, 5.41) is 20.0. The van der Waals surface area contributed by atoms with Gasteiger partial charge in [0.2, 0.25) is 0 Å².